The molecule has 0 spiro atoms. The summed E-state index contributed by atoms with van der Waals surface area (Å²) in [5.41, 5.74) is 5.90. The molecule has 0 atom stereocenters. The summed E-state index contributed by atoms with van der Waals surface area (Å²) in [5.74, 6) is 0.527. The first-order valence-electron chi connectivity index (χ1n) is 5.81. The van der Waals surface area contributed by atoms with Gasteiger partial charge in [0, 0.05) is 24.9 Å². The molecule has 112 valence electrons. The monoisotopic (exact) mass is 299 g/mol. The fraction of sp³-hybridized carbons (Fsp3) is 0.167. The number of nitrogen functional groups attached to an aromatic ring is 1. The first-order valence-corrected chi connectivity index (χ1v) is 5.81. The Morgan fingerprint density at radius 1 is 1.14 bits per heavy atom. The van der Waals surface area contributed by atoms with Gasteiger partial charge in [0.1, 0.15) is 17.4 Å². The lowest BCUT2D eigenvalue weighted by molar-refractivity contribution is -0.274. The van der Waals surface area contributed by atoms with Gasteiger partial charge in [0.25, 0.3) is 0 Å². The highest BCUT2D eigenvalue weighted by Crippen LogP contribution is 2.26. The molecule has 0 aliphatic rings. The Balaban J connectivity index is 2.20. The van der Waals surface area contributed by atoms with E-state index >= 15 is 0 Å². The van der Waals surface area contributed by atoms with Gasteiger partial charge in [-0.05, 0) is 12.1 Å². The molecular formula is C12H12F3N5O. The van der Waals surface area contributed by atoms with Crippen molar-refractivity contribution in [2.45, 2.75) is 6.36 Å². The van der Waals surface area contributed by atoms with Crippen LogP contribution in [0.4, 0.5) is 36.4 Å². The minimum atomic E-state index is -4.74. The van der Waals surface area contributed by atoms with Crippen molar-refractivity contribution in [3.8, 4) is 5.75 Å². The summed E-state index contributed by atoms with van der Waals surface area (Å²) in [5, 5.41) is 5.62. The molecule has 0 unspecified atom stereocenters. The highest BCUT2D eigenvalue weighted by molar-refractivity contribution is 5.61. The van der Waals surface area contributed by atoms with Gasteiger partial charge < -0.3 is 21.1 Å². The van der Waals surface area contributed by atoms with Crippen LogP contribution in [-0.4, -0.2) is 23.4 Å². The molecule has 1 aromatic heterocycles. The van der Waals surface area contributed by atoms with Crippen LogP contribution in [0.1, 0.15) is 0 Å². The Kier molecular flexibility index (Phi) is 4.01. The van der Waals surface area contributed by atoms with E-state index in [0.29, 0.717) is 17.3 Å². The number of halogens is 3. The smallest absolute Gasteiger partial charge is 0.406 e. The average Bonchev–Trinajstić information content (AvgIpc) is 2.36. The van der Waals surface area contributed by atoms with Crippen LogP contribution < -0.4 is 21.1 Å². The molecule has 1 heterocycles. The van der Waals surface area contributed by atoms with Crippen LogP contribution in [0.15, 0.2) is 30.3 Å². The van der Waals surface area contributed by atoms with E-state index in [1.807, 2.05) is 0 Å². The molecule has 6 nitrogen and oxygen atoms in total. The number of alkyl halides is 3. The molecule has 1 aromatic carbocycles. The van der Waals surface area contributed by atoms with Gasteiger partial charge in [0.05, 0.1) is 0 Å². The maximum Gasteiger partial charge on any atom is 0.573 e. The number of nitrogens with one attached hydrogen (secondary N) is 2. The lowest BCUT2D eigenvalue weighted by Gasteiger charge is -2.11. The lowest BCUT2D eigenvalue weighted by atomic mass is 10.3. The Morgan fingerprint density at radius 2 is 1.86 bits per heavy atom. The summed E-state index contributed by atoms with van der Waals surface area (Å²) in [7, 11) is 1.66. The van der Waals surface area contributed by atoms with Gasteiger partial charge in [-0.1, -0.05) is 6.07 Å². The summed E-state index contributed by atoms with van der Waals surface area (Å²) < 4.78 is 40.3. The average molecular weight is 299 g/mol. The molecule has 4 N–H and O–H groups in total. The van der Waals surface area contributed by atoms with Gasteiger partial charge >= 0.3 is 6.36 Å². The van der Waals surface area contributed by atoms with Crippen molar-refractivity contribution in [1.82, 2.24) is 9.97 Å². The van der Waals surface area contributed by atoms with Crippen molar-refractivity contribution in [1.29, 1.82) is 0 Å². The van der Waals surface area contributed by atoms with E-state index in [1.165, 1.54) is 18.2 Å². The Hall–Kier alpha value is -2.71. The highest BCUT2D eigenvalue weighted by Gasteiger charge is 2.31. The van der Waals surface area contributed by atoms with E-state index < -0.39 is 6.36 Å². The third-order valence-electron chi connectivity index (χ3n) is 2.34. The second-order valence-electron chi connectivity index (χ2n) is 3.95. The van der Waals surface area contributed by atoms with E-state index in [4.69, 9.17) is 5.73 Å². The Labute approximate surface area is 118 Å². The van der Waals surface area contributed by atoms with Gasteiger partial charge in [-0.15, -0.1) is 13.2 Å². The zero-order valence-electron chi connectivity index (χ0n) is 10.9. The van der Waals surface area contributed by atoms with Crippen molar-refractivity contribution >= 4 is 23.3 Å². The van der Waals surface area contributed by atoms with Gasteiger partial charge in [0.2, 0.25) is 5.95 Å². The maximum absolute atomic E-state index is 12.2. The standard InChI is InChI=1S/C12H12F3N5O/c1-17-9-6-10(20-11(16)19-9)18-7-3-2-4-8(5-7)21-12(13,14)15/h2-6H,1H3,(H4,16,17,18,19,20). The molecule has 21 heavy (non-hydrogen) atoms. The maximum atomic E-state index is 12.2. The SMILES string of the molecule is CNc1cc(Nc2cccc(OC(F)(F)F)c2)nc(N)n1. The number of anilines is 4. The zero-order chi connectivity index (χ0) is 15.5. The lowest BCUT2D eigenvalue weighted by Crippen LogP contribution is -2.17. The second-order valence-corrected chi connectivity index (χ2v) is 3.95. The topological polar surface area (TPSA) is 85.1 Å². The number of hydrogen-bond donors (Lipinski definition) is 3. The van der Waals surface area contributed by atoms with E-state index in [9.17, 15) is 13.2 Å². The number of hydrogen-bond acceptors (Lipinski definition) is 6. The van der Waals surface area contributed by atoms with E-state index in [0.717, 1.165) is 0 Å². The second kappa shape index (κ2) is 5.73. The third kappa shape index (κ3) is 4.41. The van der Waals surface area contributed by atoms with Crippen LogP contribution in [0.3, 0.4) is 0 Å². The molecule has 0 aliphatic carbocycles. The van der Waals surface area contributed by atoms with Gasteiger partial charge in [-0.2, -0.15) is 9.97 Å². The first-order chi connectivity index (χ1) is 9.85. The van der Waals surface area contributed by atoms with Crippen molar-refractivity contribution in [3.05, 3.63) is 30.3 Å². The van der Waals surface area contributed by atoms with Crippen LogP contribution in [0.25, 0.3) is 0 Å². The number of benzene rings is 1. The summed E-state index contributed by atoms with van der Waals surface area (Å²) >= 11 is 0. The zero-order valence-corrected chi connectivity index (χ0v) is 10.9. The van der Waals surface area contributed by atoms with Crippen molar-refractivity contribution < 1.29 is 17.9 Å². The molecule has 0 radical (unpaired) electrons. The Morgan fingerprint density at radius 3 is 2.52 bits per heavy atom. The van der Waals surface area contributed by atoms with Crippen LogP contribution in [0.2, 0.25) is 0 Å². The Bertz CT molecular complexity index is 633. The predicted molar refractivity (Wildman–Crippen MR) is 72.4 cm³/mol. The molecule has 0 bridgehead atoms. The summed E-state index contributed by atoms with van der Waals surface area (Å²) in [6, 6.07) is 6.96. The molecule has 0 fully saturated rings. The minimum absolute atomic E-state index is 0.0343. The molecular weight excluding hydrogens is 287 g/mol. The van der Waals surface area contributed by atoms with Crippen molar-refractivity contribution in [3.63, 3.8) is 0 Å². The molecule has 0 amide bonds. The first kappa shape index (κ1) is 14.7. The molecule has 0 saturated carbocycles. The van der Waals surface area contributed by atoms with Crippen molar-refractivity contribution in [2.24, 2.45) is 0 Å². The van der Waals surface area contributed by atoms with Crippen LogP contribution in [-0.2, 0) is 0 Å². The van der Waals surface area contributed by atoms with E-state index in [2.05, 4.69) is 25.3 Å². The van der Waals surface area contributed by atoms with Crippen LogP contribution in [0.5, 0.6) is 5.75 Å². The largest absolute Gasteiger partial charge is 0.573 e. The molecule has 0 aliphatic heterocycles. The number of aromatic nitrogens is 2. The number of nitrogens with zero attached hydrogens (tertiary/aromatic N) is 2. The van der Waals surface area contributed by atoms with Crippen LogP contribution in [0, 0.1) is 0 Å². The predicted octanol–water partition coefficient (Wildman–Crippen LogP) is 2.74. The normalized spacial score (nSPS) is 11.0. The van der Waals surface area contributed by atoms with Gasteiger partial charge in [0.15, 0.2) is 0 Å². The third-order valence-corrected chi connectivity index (χ3v) is 2.34. The molecule has 0 saturated heterocycles. The number of ether oxygens (including phenoxy) is 1. The molecule has 2 aromatic rings. The van der Waals surface area contributed by atoms with E-state index in [1.54, 1.807) is 19.2 Å². The highest BCUT2D eigenvalue weighted by atomic mass is 19.4. The fourth-order valence-corrected chi connectivity index (χ4v) is 1.58. The minimum Gasteiger partial charge on any atom is -0.406 e. The quantitative estimate of drug-likeness (QED) is 0.805. The molecule has 2 rings (SSSR count). The fourth-order valence-electron chi connectivity index (χ4n) is 1.58. The summed E-state index contributed by atoms with van der Waals surface area (Å²) in [6.45, 7) is 0. The van der Waals surface area contributed by atoms with E-state index in [-0.39, 0.29) is 11.7 Å². The van der Waals surface area contributed by atoms with Crippen molar-refractivity contribution in [2.75, 3.05) is 23.4 Å². The van der Waals surface area contributed by atoms with Gasteiger partial charge in [-0.25, -0.2) is 0 Å². The summed E-state index contributed by atoms with van der Waals surface area (Å²) in [6.07, 6.45) is -4.74. The van der Waals surface area contributed by atoms with Crippen LogP contribution >= 0.6 is 0 Å². The molecule has 9 heteroatoms. The number of rotatable bonds is 4. The van der Waals surface area contributed by atoms with Gasteiger partial charge in [-0.3, -0.25) is 0 Å². The summed E-state index contributed by atoms with van der Waals surface area (Å²) in [4.78, 5) is 7.84. The number of nitrogens with two attached hydrogens (primary N) is 1.